The first-order valence-corrected chi connectivity index (χ1v) is 12.6. The van der Waals surface area contributed by atoms with Crippen molar-refractivity contribution in [3.63, 3.8) is 0 Å². The topological polar surface area (TPSA) is 65.2 Å². The molecule has 0 radical (unpaired) electrons. The molecule has 32 heavy (non-hydrogen) atoms. The summed E-state index contributed by atoms with van der Waals surface area (Å²) in [5.74, 6) is 0.426. The van der Waals surface area contributed by atoms with Crippen molar-refractivity contribution in [3.8, 4) is 11.5 Å². The standard InChI is InChI=1S/C28H42N2O2/c1-3-5-7-9-11-13-15-29-21-25-17-23-20-28(32)26(18-24(23)19-27(25)31)22-30-16-14-12-10-8-6-4-2/h17-22,31-32H,3-16H2,1-2H3. The fourth-order valence-electron chi connectivity index (χ4n) is 3.86. The van der Waals surface area contributed by atoms with Crippen molar-refractivity contribution in [1.29, 1.82) is 0 Å². The molecule has 4 nitrogen and oxygen atoms in total. The van der Waals surface area contributed by atoms with Crippen LogP contribution < -0.4 is 0 Å². The monoisotopic (exact) mass is 438 g/mol. The normalized spacial score (nSPS) is 11.9. The Bertz CT molecular complexity index is 787. The Kier molecular flexibility index (Phi) is 12.5. The number of hydrogen-bond acceptors (Lipinski definition) is 4. The van der Waals surface area contributed by atoms with Gasteiger partial charge in [-0.15, -0.1) is 0 Å². The Balaban J connectivity index is 1.89. The number of aliphatic imine (C=N–C) groups is 2. The number of hydrogen-bond donors (Lipinski definition) is 2. The third kappa shape index (κ3) is 9.42. The molecule has 0 saturated carbocycles. The van der Waals surface area contributed by atoms with Gasteiger partial charge in [-0.25, -0.2) is 0 Å². The summed E-state index contributed by atoms with van der Waals surface area (Å²) in [6.45, 7) is 6.02. The molecule has 0 aliphatic carbocycles. The molecule has 2 N–H and O–H groups in total. The highest BCUT2D eigenvalue weighted by molar-refractivity contribution is 5.98. The number of phenols is 2. The number of nitrogens with zero attached hydrogens (tertiary/aromatic N) is 2. The van der Waals surface area contributed by atoms with Gasteiger partial charge in [-0.1, -0.05) is 78.1 Å². The molecule has 0 amide bonds. The van der Waals surface area contributed by atoms with Gasteiger partial charge in [0.1, 0.15) is 11.5 Å². The second-order valence-corrected chi connectivity index (χ2v) is 8.78. The molecule has 0 aliphatic heterocycles. The van der Waals surface area contributed by atoms with E-state index in [0.29, 0.717) is 11.1 Å². The molecule has 2 aromatic carbocycles. The first-order chi connectivity index (χ1) is 15.7. The van der Waals surface area contributed by atoms with Gasteiger partial charge in [0.2, 0.25) is 0 Å². The second kappa shape index (κ2) is 15.4. The Morgan fingerprint density at radius 1 is 0.562 bits per heavy atom. The fraction of sp³-hybridized carbons (Fsp3) is 0.571. The molecule has 4 heteroatoms. The highest BCUT2D eigenvalue weighted by Crippen LogP contribution is 2.29. The molecule has 0 fully saturated rings. The van der Waals surface area contributed by atoms with Crippen molar-refractivity contribution >= 4 is 23.2 Å². The van der Waals surface area contributed by atoms with E-state index in [-0.39, 0.29) is 11.5 Å². The third-order valence-electron chi connectivity index (χ3n) is 5.87. The zero-order chi connectivity index (χ0) is 23.0. The van der Waals surface area contributed by atoms with Gasteiger partial charge in [-0.2, -0.15) is 0 Å². The molecule has 0 bridgehead atoms. The van der Waals surface area contributed by atoms with Gasteiger partial charge >= 0.3 is 0 Å². The van der Waals surface area contributed by atoms with Crippen molar-refractivity contribution in [2.75, 3.05) is 13.1 Å². The van der Waals surface area contributed by atoms with Crippen molar-refractivity contribution in [2.24, 2.45) is 9.98 Å². The average Bonchev–Trinajstić information content (AvgIpc) is 2.78. The molecule has 0 heterocycles. The summed E-state index contributed by atoms with van der Waals surface area (Å²) in [5, 5.41) is 22.6. The number of rotatable bonds is 16. The predicted octanol–water partition coefficient (Wildman–Crippen LogP) is 7.81. The largest absolute Gasteiger partial charge is 0.507 e. The molecule has 2 rings (SSSR count). The predicted molar refractivity (Wildman–Crippen MR) is 139 cm³/mol. The van der Waals surface area contributed by atoms with Crippen LogP contribution in [-0.2, 0) is 0 Å². The van der Waals surface area contributed by atoms with Crippen LogP contribution in [0, 0.1) is 0 Å². The van der Waals surface area contributed by atoms with Crippen LogP contribution in [0.15, 0.2) is 34.3 Å². The molecular formula is C28H42N2O2. The quantitative estimate of drug-likeness (QED) is 0.207. The minimum absolute atomic E-state index is 0.213. The van der Waals surface area contributed by atoms with E-state index < -0.39 is 0 Å². The van der Waals surface area contributed by atoms with Crippen molar-refractivity contribution < 1.29 is 10.2 Å². The van der Waals surface area contributed by atoms with E-state index in [1.807, 2.05) is 12.1 Å². The van der Waals surface area contributed by atoms with Crippen LogP contribution in [0.5, 0.6) is 11.5 Å². The highest BCUT2D eigenvalue weighted by Gasteiger charge is 2.06. The van der Waals surface area contributed by atoms with Crippen molar-refractivity contribution in [3.05, 3.63) is 35.4 Å². The maximum Gasteiger partial charge on any atom is 0.124 e. The Labute approximate surface area is 194 Å². The van der Waals surface area contributed by atoms with Gasteiger partial charge in [0.25, 0.3) is 0 Å². The van der Waals surface area contributed by atoms with Crippen LogP contribution in [-0.4, -0.2) is 35.7 Å². The molecule has 176 valence electrons. The smallest absolute Gasteiger partial charge is 0.124 e. The zero-order valence-corrected chi connectivity index (χ0v) is 20.2. The van der Waals surface area contributed by atoms with Gasteiger partial charge < -0.3 is 10.2 Å². The molecule has 0 aliphatic rings. The lowest BCUT2D eigenvalue weighted by Crippen LogP contribution is -1.90. The lowest BCUT2D eigenvalue weighted by atomic mass is 10.0. The minimum Gasteiger partial charge on any atom is -0.507 e. The number of phenolic OH excluding ortho intramolecular Hbond substituents is 2. The summed E-state index contributed by atoms with van der Waals surface area (Å²) >= 11 is 0. The highest BCUT2D eigenvalue weighted by atomic mass is 16.3. The van der Waals surface area contributed by atoms with Gasteiger partial charge in [0.15, 0.2) is 0 Å². The van der Waals surface area contributed by atoms with Gasteiger partial charge in [0.05, 0.1) is 0 Å². The molecular weight excluding hydrogens is 396 g/mol. The fourth-order valence-corrected chi connectivity index (χ4v) is 3.86. The molecule has 0 aromatic heterocycles. The molecule has 0 atom stereocenters. The van der Waals surface area contributed by atoms with Crippen LogP contribution in [0.25, 0.3) is 10.8 Å². The van der Waals surface area contributed by atoms with E-state index >= 15 is 0 Å². The van der Waals surface area contributed by atoms with E-state index in [2.05, 4.69) is 23.8 Å². The third-order valence-corrected chi connectivity index (χ3v) is 5.87. The first-order valence-electron chi connectivity index (χ1n) is 12.6. The van der Waals surface area contributed by atoms with E-state index in [9.17, 15) is 10.2 Å². The summed E-state index contributed by atoms with van der Waals surface area (Å²) in [5.41, 5.74) is 1.37. The molecule has 0 spiro atoms. The van der Waals surface area contributed by atoms with Crippen molar-refractivity contribution in [1.82, 2.24) is 0 Å². The Morgan fingerprint density at radius 3 is 1.34 bits per heavy atom. The number of unbranched alkanes of at least 4 members (excludes halogenated alkanes) is 10. The van der Waals surface area contributed by atoms with Crippen LogP contribution in [0.2, 0.25) is 0 Å². The SMILES string of the molecule is CCCCCCCCN=Cc1cc2cc(O)c(C=NCCCCCCCC)cc2cc1O. The van der Waals surface area contributed by atoms with Crippen LogP contribution in [0.4, 0.5) is 0 Å². The van der Waals surface area contributed by atoms with Gasteiger partial charge in [0, 0.05) is 36.6 Å². The van der Waals surface area contributed by atoms with Gasteiger partial charge in [-0.3, -0.25) is 9.98 Å². The Morgan fingerprint density at radius 2 is 0.938 bits per heavy atom. The van der Waals surface area contributed by atoms with Crippen LogP contribution in [0.3, 0.4) is 0 Å². The zero-order valence-electron chi connectivity index (χ0n) is 20.2. The number of aromatic hydroxyl groups is 2. The summed E-state index contributed by atoms with van der Waals surface area (Å²) in [7, 11) is 0. The maximum absolute atomic E-state index is 10.4. The van der Waals surface area contributed by atoms with E-state index in [0.717, 1.165) is 36.7 Å². The molecule has 2 aromatic rings. The summed E-state index contributed by atoms with van der Waals surface area (Å²) in [6, 6.07) is 7.25. The Hall–Kier alpha value is -2.36. The molecule has 0 unspecified atom stereocenters. The summed E-state index contributed by atoms with van der Waals surface area (Å²) in [6.07, 6.45) is 18.4. The van der Waals surface area contributed by atoms with Crippen LogP contribution >= 0.6 is 0 Å². The van der Waals surface area contributed by atoms with E-state index in [1.165, 1.54) is 64.2 Å². The lowest BCUT2D eigenvalue weighted by molar-refractivity contribution is 0.473. The number of benzene rings is 2. The van der Waals surface area contributed by atoms with Crippen molar-refractivity contribution in [2.45, 2.75) is 90.9 Å². The summed E-state index contributed by atoms with van der Waals surface area (Å²) in [4.78, 5) is 8.96. The first kappa shape index (κ1) is 25.9. The van der Waals surface area contributed by atoms with Gasteiger partial charge in [-0.05, 0) is 47.9 Å². The lowest BCUT2D eigenvalue weighted by Gasteiger charge is -2.06. The van der Waals surface area contributed by atoms with Crippen LogP contribution in [0.1, 0.15) is 102 Å². The molecule has 0 saturated heterocycles. The van der Waals surface area contributed by atoms with E-state index in [4.69, 9.17) is 0 Å². The maximum atomic E-state index is 10.4. The number of fused-ring (bicyclic) bond motifs is 1. The summed E-state index contributed by atoms with van der Waals surface area (Å²) < 4.78 is 0. The second-order valence-electron chi connectivity index (χ2n) is 8.78. The minimum atomic E-state index is 0.213. The van der Waals surface area contributed by atoms with E-state index in [1.54, 1.807) is 24.6 Å². The average molecular weight is 439 g/mol.